The molecule has 1 aliphatic rings. The van der Waals surface area contributed by atoms with E-state index in [1.807, 2.05) is 54.6 Å². The van der Waals surface area contributed by atoms with Gasteiger partial charge in [-0.05, 0) is 77.9 Å². The Balaban J connectivity index is 1.35. The maximum Gasteiger partial charge on any atom is 0.243 e. The van der Waals surface area contributed by atoms with E-state index in [1.54, 1.807) is 48.4 Å². The number of ether oxygens (including phenoxy) is 1. The summed E-state index contributed by atoms with van der Waals surface area (Å²) in [6.45, 7) is 0.369. The maximum absolute atomic E-state index is 14.0. The molecule has 0 bridgehead atoms. The van der Waals surface area contributed by atoms with Crippen LogP contribution in [0.1, 0.15) is 41.5 Å². The smallest absolute Gasteiger partial charge is 0.243 e. The summed E-state index contributed by atoms with van der Waals surface area (Å²) in [4.78, 5) is 29.6. The van der Waals surface area contributed by atoms with E-state index in [1.165, 1.54) is 12.1 Å². The van der Waals surface area contributed by atoms with Gasteiger partial charge in [0.2, 0.25) is 21.8 Å². The van der Waals surface area contributed by atoms with Crippen molar-refractivity contribution in [2.24, 2.45) is 0 Å². The Bertz CT molecular complexity index is 1710. The molecule has 0 saturated heterocycles. The van der Waals surface area contributed by atoms with E-state index in [9.17, 15) is 22.4 Å². The SMILES string of the molecule is COc1ccc(CNC(=O)[C@@H](Cc2ccccc2)N(Cc2ccc(F)cc2)C(=O)CCc2ccc(S(=O)(=O)NC3CC3)cc2)cc1. The molecule has 0 heterocycles. The topological polar surface area (TPSA) is 105 Å². The molecule has 5 rings (SSSR count). The lowest BCUT2D eigenvalue weighted by Gasteiger charge is -2.32. The average molecular weight is 644 g/mol. The Hall–Kier alpha value is -4.54. The first-order valence-corrected chi connectivity index (χ1v) is 16.8. The summed E-state index contributed by atoms with van der Waals surface area (Å²) in [5.74, 6) is -0.249. The Morgan fingerprint density at radius 1 is 0.848 bits per heavy atom. The van der Waals surface area contributed by atoms with Crippen LogP contribution >= 0.6 is 0 Å². The quantitative estimate of drug-likeness (QED) is 0.186. The highest BCUT2D eigenvalue weighted by atomic mass is 32.2. The number of carbonyl (C=O) groups excluding carboxylic acids is 2. The highest BCUT2D eigenvalue weighted by molar-refractivity contribution is 7.89. The number of nitrogens with zero attached hydrogens (tertiary/aromatic N) is 1. The molecule has 0 spiro atoms. The lowest BCUT2D eigenvalue weighted by molar-refractivity contribution is -0.141. The van der Waals surface area contributed by atoms with E-state index in [4.69, 9.17) is 4.74 Å². The van der Waals surface area contributed by atoms with Gasteiger partial charge in [-0.25, -0.2) is 17.5 Å². The molecule has 4 aromatic carbocycles. The van der Waals surface area contributed by atoms with Gasteiger partial charge in [-0.1, -0.05) is 66.7 Å². The Morgan fingerprint density at radius 2 is 1.48 bits per heavy atom. The van der Waals surface area contributed by atoms with Gasteiger partial charge in [-0.15, -0.1) is 0 Å². The summed E-state index contributed by atoms with van der Waals surface area (Å²) in [5, 5.41) is 3.00. The van der Waals surface area contributed by atoms with Crippen LogP contribution in [0.5, 0.6) is 5.75 Å². The minimum Gasteiger partial charge on any atom is -0.497 e. The molecule has 240 valence electrons. The van der Waals surface area contributed by atoms with E-state index in [0.717, 1.165) is 29.5 Å². The number of hydrogen-bond acceptors (Lipinski definition) is 5. The van der Waals surface area contributed by atoms with Gasteiger partial charge in [0.15, 0.2) is 0 Å². The highest BCUT2D eigenvalue weighted by Crippen LogP contribution is 2.23. The van der Waals surface area contributed by atoms with Crippen molar-refractivity contribution in [3.05, 3.63) is 131 Å². The van der Waals surface area contributed by atoms with Crippen LogP contribution in [0.15, 0.2) is 108 Å². The minimum absolute atomic E-state index is 0.00614. The number of hydrogen-bond donors (Lipinski definition) is 2. The van der Waals surface area contributed by atoms with Gasteiger partial charge < -0.3 is 15.0 Å². The van der Waals surface area contributed by atoms with Gasteiger partial charge in [-0.2, -0.15) is 0 Å². The Labute approximate surface area is 269 Å². The van der Waals surface area contributed by atoms with Crippen molar-refractivity contribution in [2.45, 2.75) is 62.2 Å². The second-order valence-corrected chi connectivity index (χ2v) is 13.2. The van der Waals surface area contributed by atoms with Crippen LogP contribution in [0.25, 0.3) is 0 Å². The number of nitrogens with one attached hydrogen (secondary N) is 2. The van der Waals surface area contributed by atoms with Crippen molar-refractivity contribution in [2.75, 3.05) is 7.11 Å². The third-order valence-corrected chi connectivity index (χ3v) is 9.46. The molecule has 8 nitrogen and oxygen atoms in total. The molecule has 0 unspecified atom stereocenters. The fraction of sp³-hybridized carbons (Fsp3) is 0.278. The van der Waals surface area contributed by atoms with Crippen LogP contribution in [0.2, 0.25) is 0 Å². The van der Waals surface area contributed by atoms with Crippen molar-refractivity contribution < 1.29 is 27.1 Å². The van der Waals surface area contributed by atoms with E-state index in [-0.39, 0.29) is 48.7 Å². The molecule has 1 saturated carbocycles. The fourth-order valence-corrected chi connectivity index (χ4v) is 6.41. The summed E-state index contributed by atoms with van der Waals surface area (Å²) in [7, 11) is -1.99. The highest BCUT2D eigenvalue weighted by Gasteiger charge is 2.31. The van der Waals surface area contributed by atoms with E-state index >= 15 is 0 Å². The van der Waals surface area contributed by atoms with Crippen LogP contribution in [0.4, 0.5) is 4.39 Å². The van der Waals surface area contributed by atoms with Crippen molar-refractivity contribution in [1.82, 2.24) is 14.9 Å². The third kappa shape index (κ3) is 9.24. The number of halogens is 1. The lowest BCUT2D eigenvalue weighted by Crippen LogP contribution is -2.50. The third-order valence-electron chi connectivity index (χ3n) is 7.92. The second kappa shape index (κ2) is 15.2. The normalized spacial score (nSPS) is 13.5. The largest absolute Gasteiger partial charge is 0.497 e. The van der Waals surface area contributed by atoms with Crippen LogP contribution in [0, 0.1) is 5.82 Å². The minimum atomic E-state index is -3.58. The molecule has 4 aromatic rings. The zero-order chi connectivity index (χ0) is 32.5. The number of sulfonamides is 1. The number of carbonyl (C=O) groups is 2. The molecule has 2 amide bonds. The van der Waals surface area contributed by atoms with Crippen molar-refractivity contribution in [3.8, 4) is 5.75 Å². The predicted molar refractivity (Wildman–Crippen MR) is 174 cm³/mol. The van der Waals surface area contributed by atoms with Crippen LogP contribution in [0.3, 0.4) is 0 Å². The summed E-state index contributed by atoms with van der Waals surface area (Å²) in [6, 6.07) is 28.4. The molecule has 1 atom stereocenters. The summed E-state index contributed by atoms with van der Waals surface area (Å²) in [6.07, 6.45) is 2.41. The molecular weight excluding hydrogens is 605 g/mol. The molecule has 1 fully saturated rings. The molecule has 0 radical (unpaired) electrons. The van der Waals surface area contributed by atoms with Crippen molar-refractivity contribution in [1.29, 1.82) is 0 Å². The van der Waals surface area contributed by atoms with Gasteiger partial charge in [-0.3, -0.25) is 9.59 Å². The van der Waals surface area contributed by atoms with E-state index < -0.39 is 21.9 Å². The Morgan fingerprint density at radius 3 is 2.11 bits per heavy atom. The fourth-order valence-electron chi connectivity index (χ4n) is 5.11. The van der Waals surface area contributed by atoms with Gasteiger partial charge in [0.1, 0.15) is 17.6 Å². The van der Waals surface area contributed by atoms with Gasteiger partial charge in [0.25, 0.3) is 0 Å². The lowest BCUT2D eigenvalue weighted by atomic mass is 10.0. The average Bonchev–Trinajstić information content (AvgIpc) is 3.89. The van der Waals surface area contributed by atoms with E-state index in [2.05, 4.69) is 10.0 Å². The number of aryl methyl sites for hydroxylation is 1. The molecule has 0 aromatic heterocycles. The number of rotatable bonds is 15. The predicted octanol–water partition coefficient (Wildman–Crippen LogP) is 5.16. The first-order valence-electron chi connectivity index (χ1n) is 15.3. The van der Waals surface area contributed by atoms with Crippen molar-refractivity contribution >= 4 is 21.8 Å². The van der Waals surface area contributed by atoms with Crippen LogP contribution < -0.4 is 14.8 Å². The first kappa shape index (κ1) is 32.8. The zero-order valence-corrected chi connectivity index (χ0v) is 26.5. The van der Waals surface area contributed by atoms with Crippen LogP contribution in [-0.4, -0.2) is 44.3 Å². The monoisotopic (exact) mass is 643 g/mol. The zero-order valence-electron chi connectivity index (χ0n) is 25.7. The number of amides is 2. The summed E-state index contributed by atoms with van der Waals surface area (Å²) < 4.78 is 46.8. The molecular formula is C36H38FN3O5S. The molecule has 1 aliphatic carbocycles. The maximum atomic E-state index is 14.0. The van der Waals surface area contributed by atoms with Crippen LogP contribution in [-0.2, 0) is 45.5 Å². The first-order chi connectivity index (χ1) is 22.2. The Kier molecular flexibility index (Phi) is 10.8. The second-order valence-electron chi connectivity index (χ2n) is 11.5. The van der Waals surface area contributed by atoms with E-state index in [0.29, 0.717) is 17.7 Å². The summed E-state index contributed by atoms with van der Waals surface area (Å²) >= 11 is 0. The van der Waals surface area contributed by atoms with Gasteiger partial charge in [0.05, 0.1) is 12.0 Å². The standard InChI is InChI=1S/C36H38FN3O5S/c1-45-32-18-9-28(10-19-32)24-38-36(42)34(23-27-5-3-2-4-6-27)40(25-29-7-14-30(37)15-8-29)35(41)22-13-26-11-20-33(21-12-26)46(43,44)39-31-16-17-31/h2-12,14-15,18-21,31,34,39H,13,16-17,22-25H2,1H3,(H,38,42)/t34-/m1/s1. The molecule has 46 heavy (non-hydrogen) atoms. The molecule has 2 N–H and O–H groups in total. The summed E-state index contributed by atoms with van der Waals surface area (Å²) in [5.41, 5.74) is 3.25. The molecule has 10 heteroatoms. The van der Waals surface area contributed by atoms with Crippen molar-refractivity contribution in [3.63, 3.8) is 0 Å². The van der Waals surface area contributed by atoms with Gasteiger partial charge >= 0.3 is 0 Å². The number of benzene rings is 4. The number of methoxy groups -OCH3 is 1. The molecule has 0 aliphatic heterocycles. The van der Waals surface area contributed by atoms with Gasteiger partial charge in [0, 0.05) is 32.0 Å².